The molecule has 1 aliphatic heterocycles. The molecule has 1 aliphatic rings. The lowest BCUT2D eigenvalue weighted by Crippen LogP contribution is -2.38. The summed E-state index contributed by atoms with van der Waals surface area (Å²) < 4.78 is 34.3. The van der Waals surface area contributed by atoms with E-state index in [4.69, 9.17) is 4.74 Å². The number of amides is 1. The van der Waals surface area contributed by atoms with E-state index in [1.807, 2.05) is 32.9 Å². The van der Waals surface area contributed by atoms with Crippen molar-refractivity contribution in [2.24, 2.45) is 5.92 Å². The van der Waals surface area contributed by atoms with Gasteiger partial charge in [0.15, 0.2) is 0 Å². The molecule has 30 heavy (non-hydrogen) atoms. The van der Waals surface area contributed by atoms with Crippen molar-refractivity contribution in [2.75, 3.05) is 24.9 Å². The summed E-state index contributed by atoms with van der Waals surface area (Å²) in [5.74, 6) is 0.770. The molecule has 6 nitrogen and oxygen atoms in total. The zero-order valence-corrected chi connectivity index (χ0v) is 19.1. The number of hydrogen-bond acceptors (Lipinski definition) is 4. The SMILES string of the molecule is COc1ccc(S(=O)(=O)Nc2c(C)cc(C)cc2C)cc1C(=O)N1CCC(C)CC1. The Balaban J connectivity index is 1.94. The van der Waals surface area contributed by atoms with Crippen LogP contribution < -0.4 is 9.46 Å². The molecule has 0 atom stereocenters. The minimum absolute atomic E-state index is 0.0383. The molecule has 2 aromatic rings. The van der Waals surface area contributed by atoms with Crippen LogP contribution in [-0.4, -0.2) is 39.4 Å². The summed E-state index contributed by atoms with van der Waals surface area (Å²) in [5.41, 5.74) is 3.61. The second-order valence-electron chi connectivity index (χ2n) is 8.22. The standard InChI is InChI=1S/C23H30N2O4S/c1-15-8-10-25(11-9-15)23(26)20-14-19(6-7-21(20)29-5)30(27,28)24-22-17(3)12-16(2)13-18(22)4/h6-7,12-15,24H,8-11H2,1-5H3. The average Bonchev–Trinajstić information content (AvgIpc) is 2.70. The minimum Gasteiger partial charge on any atom is -0.496 e. The smallest absolute Gasteiger partial charge is 0.261 e. The highest BCUT2D eigenvalue weighted by Gasteiger charge is 2.26. The molecule has 0 spiro atoms. The number of nitrogens with one attached hydrogen (secondary N) is 1. The molecule has 162 valence electrons. The van der Waals surface area contributed by atoms with Crippen molar-refractivity contribution >= 4 is 21.6 Å². The largest absolute Gasteiger partial charge is 0.496 e. The Morgan fingerprint density at radius 2 is 1.67 bits per heavy atom. The molecule has 1 fully saturated rings. The van der Waals surface area contributed by atoms with Gasteiger partial charge in [0.1, 0.15) is 5.75 Å². The quantitative estimate of drug-likeness (QED) is 0.768. The fraction of sp³-hybridized carbons (Fsp3) is 0.435. The second kappa shape index (κ2) is 8.68. The molecule has 1 amide bonds. The van der Waals surface area contributed by atoms with E-state index >= 15 is 0 Å². The number of sulfonamides is 1. The summed E-state index contributed by atoms with van der Waals surface area (Å²) in [5, 5.41) is 0. The normalized spacial score (nSPS) is 15.2. The summed E-state index contributed by atoms with van der Waals surface area (Å²) in [6.45, 7) is 9.23. The van der Waals surface area contributed by atoms with Crippen LogP contribution in [0, 0.1) is 26.7 Å². The van der Waals surface area contributed by atoms with E-state index in [0.29, 0.717) is 30.4 Å². The number of ether oxygens (including phenoxy) is 1. The van der Waals surface area contributed by atoms with Crippen LogP contribution in [0.5, 0.6) is 5.75 Å². The zero-order chi connectivity index (χ0) is 22.1. The van der Waals surface area contributed by atoms with Crippen LogP contribution in [0.2, 0.25) is 0 Å². The van der Waals surface area contributed by atoms with Crippen LogP contribution in [-0.2, 0) is 10.0 Å². The van der Waals surface area contributed by atoms with Crippen molar-refractivity contribution in [3.05, 3.63) is 52.6 Å². The van der Waals surface area contributed by atoms with E-state index in [9.17, 15) is 13.2 Å². The van der Waals surface area contributed by atoms with Crippen molar-refractivity contribution < 1.29 is 17.9 Å². The number of piperidine rings is 1. The number of nitrogens with zero attached hydrogens (tertiary/aromatic N) is 1. The van der Waals surface area contributed by atoms with E-state index in [2.05, 4.69) is 11.6 Å². The third kappa shape index (κ3) is 4.61. The van der Waals surface area contributed by atoms with Gasteiger partial charge in [0, 0.05) is 13.1 Å². The molecule has 0 aromatic heterocycles. The Morgan fingerprint density at radius 1 is 1.07 bits per heavy atom. The molecule has 1 N–H and O–H groups in total. The number of benzene rings is 2. The van der Waals surface area contributed by atoms with Gasteiger partial charge in [-0.25, -0.2) is 8.42 Å². The molecule has 1 heterocycles. The number of carbonyl (C=O) groups excluding carboxylic acids is 1. The molecule has 0 radical (unpaired) electrons. The van der Waals surface area contributed by atoms with E-state index in [1.165, 1.54) is 19.2 Å². The Hall–Kier alpha value is -2.54. The van der Waals surface area contributed by atoms with Gasteiger partial charge in [0.05, 0.1) is 23.3 Å². The molecule has 2 aromatic carbocycles. The maximum absolute atomic E-state index is 13.1. The first-order valence-corrected chi connectivity index (χ1v) is 11.7. The van der Waals surface area contributed by atoms with Crippen molar-refractivity contribution in [2.45, 2.75) is 45.4 Å². The first kappa shape index (κ1) is 22.2. The second-order valence-corrected chi connectivity index (χ2v) is 9.90. The van der Waals surface area contributed by atoms with E-state index in [1.54, 1.807) is 11.0 Å². The van der Waals surface area contributed by atoms with Gasteiger partial charge in [-0.1, -0.05) is 24.6 Å². The lowest BCUT2D eigenvalue weighted by atomic mass is 9.98. The predicted molar refractivity (Wildman–Crippen MR) is 119 cm³/mol. The van der Waals surface area contributed by atoms with Gasteiger partial charge >= 0.3 is 0 Å². The molecule has 0 aliphatic carbocycles. The van der Waals surface area contributed by atoms with Crippen molar-refractivity contribution in [1.82, 2.24) is 4.90 Å². The van der Waals surface area contributed by atoms with Crippen LogP contribution in [0.25, 0.3) is 0 Å². The summed E-state index contributed by atoms with van der Waals surface area (Å²) in [6.07, 6.45) is 1.89. The van der Waals surface area contributed by atoms with Crippen LogP contribution in [0.4, 0.5) is 5.69 Å². The Morgan fingerprint density at radius 3 is 2.23 bits per heavy atom. The van der Waals surface area contributed by atoms with Crippen LogP contribution in [0.1, 0.15) is 46.8 Å². The lowest BCUT2D eigenvalue weighted by molar-refractivity contribution is 0.0693. The Labute approximate surface area is 179 Å². The lowest BCUT2D eigenvalue weighted by Gasteiger charge is -2.30. The maximum Gasteiger partial charge on any atom is 0.261 e. The molecule has 1 saturated heterocycles. The van der Waals surface area contributed by atoms with Gasteiger partial charge in [0.25, 0.3) is 15.9 Å². The number of hydrogen-bond donors (Lipinski definition) is 1. The topological polar surface area (TPSA) is 75.7 Å². The van der Waals surface area contributed by atoms with Gasteiger partial charge in [-0.2, -0.15) is 0 Å². The molecule has 0 unspecified atom stereocenters. The highest BCUT2D eigenvalue weighted by Crippen LogP contribution is 2.29. The van der Waals surface area contributed by atoms with Gasteiger partial charge in [-0.3, -0.25) is 9.52 Å². The van der Waals surface area contributed by atoms with Crippen LogP contribution in [0.15, 0.2) is 35.2 Å². The fourth-order valence-corrected chi connectivity index (χ4v) is 5.17. The van der Waals surface area contributed by atoms with Crippen molar-refractivity contribution in [1.29, 1.82) is 0 Å². The highest BCUT2D eigenvalue weighted by atomic mass is 32.2. The number of anilines is 1. The first-order chi connectivity index (χ1) is 14.1. The molecule has 0 bridgehead atoms. The number of methoxy groups -OCH3 is 1. The summed E-state index contributed by atoms with van der Waals surface area (Å²) in [7, 11) is -2.39. The third-order valence-electron chi connectivity index (χ3n) is 5.70. The molecule has 7 heteroatoms. The van der Waals surface area contributed by atoms with Crippen LogP contribution >= 0.6 is 0 Å². The number of rotatable bonds is 5. The third-order valence-corrected chi connectivity index (χ3v) is 7.04. The molecular weight excluding hydrogens is 400 g/mol. The average molecular weight is 431 g/mol. The summed E-state index contributed by atoms with van der Waals surface area (Å²) in [4.78, 5) is 14.9. The molecule has 3 rings (SSSR count). The number of carbonyl (C=O) groups is 1. The Bertz CT molecular complexity index is 1030. The zero-order valence-electron chi connectivity index (χ0n) is 18.3. The molecule has 0 saturated carbocycles. The van der Waals surface area contributed by atoms with Crippen molar-refractivity contribution in [3.8, 4) is 5.75 Å². The van der Waals surface area contributed by atoms with Gasteiger partial charge < -0.3 is 9.64 Å². The first-order valence-electron chi connectivity index (χ1n) is 10.2. The van der Waals surface area contributed by atoms with E-state index in [0.717, 1.165) is 29.5 Å². The Kier molecular flexibility index (Phi) is 6.41. The maximum atomic E-state index is 13.1. The minimum atomic E-state index is -3.87. The number of likely N-dealkylation sites (tertiary alicyclic amines) is 1. The van der Waals surface area contributed by atoms with E-state index < -0.39 is 10.0 Å². The van der Waals surface area contributed by atoms with Gasteiger partial charge in [-0.05, 0) is 68.9 Å². The number of aryl methyl sites for hydroxylation is 3. The highest BCUT2D eigenvalue weighted by molar-refractivity contribution is 7.92. The van der Waals surface area contributed by atoms with Crippen LogP contribution in [0.3, 0.4) is 0 Å². The fourth-order valence-electron chi connectivity index (χ4n) is 3.94. The van der Waals surface area contributed by atoms with Gasteiger partial charge in [-0.15, -0.1) is 0 Å². The summed E-state index contributed by atoms with van der Waals surface area (Å²) >= 11 is 0. The predicted octanol–water partition coefficient (Wildman–Crippen LogP) is 4.29. The summed E-state index contributed by atoms with van der Waals surface area (Å²) in [6, 6.07) is 8.30. The van der Waals surface area contributed by atoms with E-state index in [-0.39, 0.29) is 16.4 Å². The molecular formula is C23H30N2O4S. The monoisotopic (exact) mass is 430 g/mol. The van der Waals surface area contributed by atoms with Crippen molar-refractivity contribution in [3.63, 3.8) is 0 Å². The van der Waals surface area contributed by atoms with Gasteiger partial charge in [0.2, 0.25) is 0 Å².